The monoisotopic (exact) mass is 199 g/mol. The van der Waals surface area contributed by atoms with Crippen LogP contribution in [0.2, 0.25) is 0 Å². The van der Waals surface area contributed by atoms with Gasteiger partial charge >= 0.3 is 5.97 Å². The first-order chi connectivity index (χ1) is 6.29. The summed E-state index contributed by atoms with van der Waals surface area (Å²) in [6, 6.07) is 0.0107. The number of hydrogen-bond donors (Lipinski definition) is 0. The molecule has 0 amide bonds. The molecule has 0 aliphatic heterocycles. The highest BCUT2D eigenvalue weighted by atomic mass is 32.1. The van der Waals surface area contributed by atoms with E-state index in [2.05, 4.69) is 22.4 Å². The molecule has 1 fully saturated rings. The molecule has 72 valence electrons. The van der Waals surface area contributed by atoms with Crippen LogP contribution in [-0.4, -0.2) is 23.8 Å². The maximum Gasteiger partial charge on any atom is 0.311 e. The summed E-state index contributed by atoms with van der Waals surface area (Å²) in [6.07, 6.45) is 2.81. The maximum atomic E-state index is 11.4. The number of esters is 1. The second-order valence-corrected chi connectivity index (χ2v) is 3.26. The lowest BCUT2D eigenvalue weighted by molar-refractivity contribution is -0.148. The van der Waals surface area contributed by atoms with Crippen molar-refractivity contribution in [1.29, 1.82) is 0 Å². The average Bonchev–Trinajstić information content (AvgIpc) is 2.54. The number of isothiocyanates is 1. The van der Waals surface area contributed by atoms with Gasteiger partial charge in [0.05, 0.1) is 23.7 Å². The third kappa shape index (κ3) is 2.61. The van der Waals surface area contributed by atoms with E-state index in [4.69, 9.17) is 4.74 Å². The Balaban J connectivity index is 2.57. The highest BCUT2D eigenvalue weighted by molar-refractivity contribution is 7.78. The molecule has 1 saturated carbocycles. The highest BCUT2D eigenvalue weighted by Crippen LogP contribution is 2.29. The van der Waals surface area contributed by atoms with Crippen molar-refractivity contribution in [2.24, 2.45) is 10.9 Å². The molecule has 0 aromatic heterocycles. The van der Waals surface area contributed by atoms with Crippen LogP contribution < -0.4 is 0 Å². The number of carbonyl (C=O) groups is 1. The lowest BCUT2D eigenvalue weighted by Crippen LogP contribution is -2.23. The predicted octanol–water partition coefficient (Wildman–Crippen LogP) is 1.82. The minimum atomic E-state index is -0.140. The topological polar surface area (TPSA) is 38.7 Å². The number of hydrogen-bond acceptors (Lipinski definition) is 4. The Labute approximate surface area is 83.2 Å². The van der Waals surface area contributed by atoms with Crippen LogP contribution in [0, 0.1) is 5.92 Å². The summed E-state index contributed by atoms with van der Waals surface area (Å²) in [5.74, 6) is -0.227. The minimum Gasteiger partial charge on any atom is -0.466 e. The van der Waals surface area contributed by atoms with E-state index in [1.54, 1.807) is 0 Å². The van der Waals surface area contributed by atoms with Crippen molar-refractivity contribution in [3.8, 4) is 0 Å². The normalized spacial score (nSPS) is 26.5. The molecule has 0 N–H and O–H groups in total. The van der Waals surface area contributed by atoms with Crippen molar-refractivity contribution in [2.75, 3.05) is 6.61 Å². The molecule has 1 aliphatic rings. The molecular weight excluding hydrogens is 186 g/mol. The van der Waals surface area contributed by atoms with Crippen molar-refractivity contribution in [1.82, 2.24) is 0 Å². The summed E-state index contributed by atoms with van der Waals surface area (Å²) < 4.78 is 4.94. The molecule has 13 heavy (non-hydrogen) atoms. The van der Waals surface area contributed by atoms with Gasteiger partial charge in [-0.2, -0.15) is 0 Å². The fraction of sp³-hybridized carbons (Fsp3) is 0.778. The Morgan fingerprint density at radius 2 is 2.46 bits per heavy atom. The van der Waals surface area contributed by atoms with E-state index in [9.17, 15) is 4.79 Å². The SMILES string of the molecule is CCOC(=O)[C@H]1CCC[C@@H]1N=C=S. The van der Waals surface area contributed by atoms with Gasteiger partial charge in [-0.05, 0) is 32.0 Å². The zero-order chi connectivity index (χ0) is 9.68. The molecule has 0 unspecified atom stereocenters. The Morgan fingerprint density at radius 3 is 3.08 bits per heavy atom. The van der Waals surface area contributed by atoms with Crippen LogP contribution in [-0.2, 0) is 9.53 Å². The van der Waals surface area contributed by atoms with Gasteiger partial charge in [0.15, 0.2) is 0 Å². The van der Waals surface area contributed by atoms with E-state index in [1.807, 2.05) is 6.92 Å². The van der Waals surface area contributed by atoms with E-state index in [1.165, 1.54) is 0 Å². The molecule has 3 nitrogen and oxygen atoms in total. The van der Waals surface area contributed by atoms with Gasteiger partial charge in [-0.15, -0.1) is 0 Å². The van der Waals surface area contributed by atoms with Crippen LogP contribution in [0.15, 0.2) is 4.99 Å². The van der Waals surface area contributed by atoms with Gasteiger partial charge in [0.25, 0.3) is 0 Å². The molecule has 0 heterocycles. The van der Waals surface area contributed by atoms with Gasteiger partial charge in [-0.3, -0.25) is 4.79 Å². The van der Waals surface area contributed by atoms with Gasteiger partial charge < -0.3 is 4.74 Å². The Hall–Kier alpha value is -0.730. The fourth-order valence-electron chi connectivity index (χ4n) is 1.69. The summed E-state index contributed by atoms with van der Waals surface area (Å²) in [5.41, 5.74) is 0. The summed E-state index contributed by atoms with van der Waals surface area (Å²) in [5, 5.41) is 2.34. The quantitative estimate of drug-likeness (QED) is 0.395. The average molecular weight is 199 g/mol. The largest absolute Gasteiger partial charge is 0.466 e. The van der Waals surface area contributed by atoms with E-state index in [0.717, 1.165) is 19.3 Å². The number of rotatable bonds is 3. The van der Waals surface area contributed by atoms with Crippen LogP contribution in [0.5, 0.6) is 0 Å². The molecule has 0 bridgehead atoms. The van der Waals surface area contributed by atoms with Gasteiger partial charge in [-0.1, -0.05) is 6.42 Å². The van der Waals surface area contributed by atoms with Gasteiger partial charge in [0, 0.05) is 0 Å². The number of nitrogens with zero attached hydrogens (tertiary/aromatic N) is 1. The van der Waals surface area contributed by atoms with E-state index in [-0.39, 0.29) is 17.9 Å². The van der Waals surface area contributed by atoms with Crippen molar-refractivity contribution >= 4 is 23.3 Å². The van der Waals surface area contributed by atoms with E-state index >= 15 is 0 Å². The van der Waals surface area contributed by atoms with E-state index in [0.29, 0.717) is 6.61 Å². The third-order valence-corrected chi connectivity index (χ3v) is 2.39. The Bertz CT molecular complexity index is 236. The van der Waals surface area contributed by atoms with Gasteiger partial charge in [-0.25, -0.2) is 4.99 Å². The summed E-state index contributed by atoms with van der Waals surface area (Å²) >= 11 is 4.52. The summed E-state index contributed by atoms with van der Waals surface area (Å²) in [7, 11) is 0. The molecule has 0 radical (unpaired) electrons. The molecule has 0 spiro atoms. The van der Waals surface area contributed by atoms with Crippen LogP contribution in [0.25, 0.3) is 0 Å². The van der Waals surface area contributed by atoms with Crippen LogP contribution in [0.3, 0.4) is 0 Å². The van der Waals surface area contributed by atoms with Crippen molar-refractivity contribution in [3.05, 3.63) is 0 Å². The first-order valence-electron chi connectivity index (χ1n) is 4.53. The van der Waals surface area contributed by atoms with Crippen LogP contribution in [0.1, 0.15) is 26.2 Å². The predicted molar refractivity (Wildman–Crippen MR) is 52.8 cm³/mol. The van der Waals surface area contributed by atoms with Gasteiger partial charge in [0.2, 0.25) is 0 Å². The fourth-order valence-corrected chi connectivity index (χ4v) is 1.82. The molecule has 1 aliphatic carbocycles. The summed E-state index contributed by atoms with van der Waals surface area (Å²) in [4.78, 5) is 15.4. The van der Waals surface area contributed by atoms with Crippen molar-refractivity contribution < 1.29 is 9.53 Å². The standard InChI is InChI=1S/C9H13NO2S/c1-2-12-9(11)7-4-3-5-8(7)10-6-13/h7-8H,2-5H2,1H3/t7-,8-/m0/s1. The summed E-state index contributed by atoms with van der Waals surface area (Å²) in [6.45, 7) is 2.24. The van der Waals surface area contributed by atoms with Crippen LogP contribution in [0.4, 0.5) is 0 Å². The molecule has 2 atom stereocenters. The number of aliphatic imine (C=N–C) groups is 1. The van der Waals surface area contributed by atoms with E-state index < -0.39 is 0 Å². The maximum absolute atomic E-state index is 11.4. The molecule has 4 heteroatoms. The number of ether oxygens (including phenoxy) is 1. The third-order valence-electron chi connectivity index (χ3n) is 2.29. The second-order valence-electron chi connectivity index (χ2n) is 3.08. The Morgan fingerprint density at radius 1 is 1.69 bits per heavy atom. The second kappa shape index (κ2) is 5.10. The lowest BCUT2D eigenvalue weighted by atomic mass is 10.1. The number of thiocarbonyl (C=S) groups is 1. The molecule has 0 saturated heterocycles. The first kappa shape index (κ1) is 10.4. The van der Waals surface area contributed by atoms with Crippen LogP contribution >= 0.6 is 12.2 Å². The smallest absolute Gasteiger partial charge is 0.311 e. The van der Waals surface area contributed by atoms with Crippen molar-refractivity contribution in [3.63, 3.8) is 0 Å². The van der Waals surface area contributed by atoms with Gasteiger partial charge in [0.1, 0.15) is 0 Å². The van der Waals surface area contributed by atoms with Crippen molar-refractivity contribution in [2.45, 2.75) is 32.2 Å². The Kier molecular flexibility index (Phi) is 4.06. The highest BCUT2D eigenvalue weighted by Gasteiger charge is 2.33. The first-order valence-corrected chi connectivity index (χ1v) is 4.94. The molecular formula is C9H13NO2S. The molecule has 0 aromatic carbocycles. The lowest BCUT2D eigenvalue weighted by Gasteiger charge is -2.12. The number of carbonyl (C=O) groups excluding carboxylic acids is 1. The molecule has 1 rings (SSSR count). The zero-order valence-electron chi connectivity index (χ0n) is 7.66. The minimum absolute atomic E-state index is 0.0107. The molecule has 0 aromatic rings. The zero-order valence-corrected chi connectivity index (χ0v) is 8.47.